The van der Waals surface area contributed by atoms with Crippen LogP contribution in [0, 0.1) is 0 Å². The van der Waals surface area contributed by atoms with Crippen LogP contribution in [0.5, 0.6) is 0 Å². The average molecular weight is 293 g/mol. The molecule has 0 aliphatic rings. The first-order valence-electron chi connectivity index (χ1n) is 4.55. The van der Waals surface area contributed by atoms with Crippen molar-refractivity contribution in [3.05, 3.63) is 0 Å². The van der Waals surface area contributed by atoms with Crippen LogP contribution in [-0.4, -0.2) is 38.3 Å². The SMILES string of the molecule is C[Si](CCC(F)(F)F)(CCC(F)(F)F)[Si][Si]. The molecule has 0 amide bonds. The Balaban J connectivity index is 4.21. The van der Waals surface area contributed by atoms with Crippen LogP contribution in [0.25, 0.3) is 0 Å². The van der Waals surface area contributed by atoms with E-state index in [1.807, 2.05) is 0 Å². The lowest BCUT2D eigenvalue weighted by atomic mass is 10.5. The van der Waals surface area contributed by atoms with Crippen LogP contribution in [0.4, 0.5) is 26.3 Å². The van der Waals surface area contributed by atoms with E-state index in [4.69, 9.17) is 0 Å². The van der Waals surface area contributed by atoms with Crippen molar-refractivity contribution in [3.63, 3.8) is 0 Å². The van der Waals surface area contributed by atoms with E-state index in [0.717, 1.165) is 0 Å². The van der Waals surface area contributed by atoms with Gasteiger partial charge in [0, 0.05) is 38.7 Å². The normalized spacial score (nSPS) is 14.2. The maximum Gasteiger partial charge on any atom is 0.388 e. The molecular formula is C7H11F6Si3. The zero-order chi connectivity index (χ0) is 13.0. The van der Waals surface area contributed by atoms with Crippen LogP contribution in [0.2, 0.25) is 18.6 Å². The van der Waals surface area contributed by atoms with Crippen LogP contribution < -0.4 is 0 Å². The summed E-state index contributed by atoms with van der Waals surface area (Å²) in [6, 6.07) is -0.289. The van der Waals surface area contributed by atoms with Gasteiger partial charge in [0.15, 0.2) is 0 Å². The molecule has 0 N–H and O–H groups in total. The Hall–Kier alpha value is 0.231. The van der Waals surface area contributed by atoms with E-state index in [1.165, 1.54) is 0 Å². The van der Waals surface area contributed by atoms with Crippen molar-refractivity contribution in [2.75, 3.05) is 0 Å². The molecule has 0 aromatic rings. The molecule has 5 radical (unpaired) electrons. The number of halogens is 6. The second-order valence-electron chi connectivity index (χ2n) is 3.92. The number of rotatable bonds is 5. The zero-order valence-electron chi connectivity index (χ0n) is 8.60. The fourth-order valence-corrected chi connectivity index (χ4v) is 7.01. The minimum atomic E-state index is -4.28. The summed E-state index contributed by atoms with van der Waals surface area (Å²) >= 11 is 0. The van der Waals surface area contributed by atoms with Gasteiger partial charge >= 0.3 is 12.4 Å². The van der Waals surface area contributed by atoms with Crippen LogP contribution in [-0.2, 0) is 0 Å². The Morgan fingerprint density at radius 2 is 1.25 bits per heavy atom. The Morgan fingerprint density at radius 3 is 1.44 bits per heavy atom. The molecule has 0 aromatic carbocycles. The molecular weight excluding hydrogens is 282 g/mol. The van der Waals surface area contributed by atoms with Crippen molar-refractivity contribution in [2.24, 2.45) is 0 Å². The lowest BCUT2D eigenvalue weighted by molar-refractivity contribution is -0.131. The van der Waals surface area contributed by atoms with Gasteiger partial charge in [0.2, 0.25) is 0 Å². The van der Waals surface area contributed by atoms with Crippen molar-refractivity contribution in [2.45, 2.75) is 43.8 Å². The molecule has 0 saturated carbocycles. The van der Waals surface area contributed by atoms with Crippen LogP contribution in [0.15, 0.2) is 0 Å². The molecule has 16 heavy (non-hydrogen) atoms. The molecule has 0 heterocycles. The van der Waals surface area contributed by atoms with Crippen LogP contribution in [0.3, 0.4) is 0 Å². The number of alkyl halides is 6. The summed E-state index contributed by atoms with van der Waals surface area (Å²) in [4.78, 5) is 0. The fourth-order valence-electron chi connectivity index (χ4n) is 1.09. The molecule has 0 aliphatic heterocycles. The summed E-state index contributed by atoms with van der Waals surface area (Å²) in [6.45, 7) is 1.58. The van der Waals surface area contributed by atoms with Gasteiger partial charge in [0.05, 0.1) is 0 Å². The molecule has 0 saturated heterocycles. The van der Waals surface area contributed by atoms with Crippen molar-refractivity contribution in [1.29, 1.82) is 0 Å². The summed E-state index contributed by atoms with van der Waals surface area (Å²) in [5, 5.41) is 0. The van der Waals surface area contributed by atoms with Gasteiger partial charge in [-0.2, -0.15) is 26.3 Å². The second kappa shape index (κ2) is 5.72. The first kappa shape index (κ1) is 16.2. The van der Waals surface area contributed by atoms with Crippen molar-refractivity contribution >= 4 is 25.9 Å². The fraction of sp³-hybridized carbons (Fsp3) is 1.00. The van der Waals surface area contributed by atoms with E-state index in [9.17, 15) is 26.3 Å². The largest absolute Gasteiger partial charge is 0.388 e. The molecule has 0 aliphatic carbocycles. The van der Waals surface area contributed by atoms with E-state index in [0.29, 0.717) is 0 Å². The molecule has 0 bridgehead atoms. The van der Waals surface area contributed by atoms with Gasteiger partial charge < -0.3 is 0 Å². The molecule has 9 heteroatoms. The second-order valence-corrected chi connectivity index (χ2v) is 14.9. The quantitative estimate of drug-likeness (QED) is 0.539. The molecule has 0 rings (SSSR count). The van der Waals surface area contributed by atoms with Gasteiger partial charge in [-0.25, -0.2) is 0 Å². The summed E-state index contributed by atoms with van der Waals surface area (Å²) < 4.78 is 71.9. The number of hydrogen-bond acceptors (Lipinski definition) is 0. The first-order chi connectivity index (χ1) is 6.97. The zero-order valence-corrected chi connectivity index (χ0v) is 11.6. The van der Waals surface area contributed by atoms with Crippen molar-refractivity contribution < 1.29 is 26.3 Å². The third-order valence-corrected chi connectivity index (χ3v) is 14.3. The van der Waals surface area contributed by atoms with Gasteiger partial charge in [-0.15, -0.1) is 0 Å². The minimum Gasteiger partial charge on any atom is -0.171 e. The Morgan fingerprint density at radius 1 is 0.938 bits per heavy atom. The first-order valence-corrected chi connectivity index (χ1v) is 11.0. The average Bonchev–Trinajstić information content (AvgIpc) is 2.09. The lowest BCUT2D eigenvalue weighted by Gasteiger charge is -2.26. The Bertz CT molecular complexity index is 193. The van der Waals surface area contributed by atoms with Crippen molar-refractivity contribution in [3.8, 4) is 0 Å². The maximum absolute atomic E-state index is 12.0. The summed E-state index contributed by atoms with van der Waals surface area (Å²) in [5.74, 6) is 0. The summed E-state index contributed by atoms with van der Waals surface area (Å²) in [5.41, 5.74) is 0. The van der Waals surface area contributed by atoms with E-state index < -0.39 is 32.8 Å². The molecule has 0 unspecified atom stereocenters. The summed E-state index contributed by atoms with van der Waals surface area (Å²) in [7, 11) is 0.689. The molecule has 0 nitrogen and oxygen atoms in total. The highest BCUT2D eigenvalue weighted by atomic mass is 29.5. The highest BCUT2D eigenvalue weighted by Crippen LogP contribution is 2.31. The number of hydrogen-bond donors (Lipinski definition) is 0. The van der Waals surface area contributed by atoms with Gasteiger partial charge in [-0.1, -0.05) is 18.6 Å². The summed E-state index contributed by atoms with van der Waals surface area (Å²) in [6.07, 6.45) is -10.5. The molecule has 93 valence electrons. The van der Waals surface area contributed by atoms with E-state index >= 15 is 0 Å². The molecule has 0 fully saturated rings. The highest BCUT2D eigenvalue weighted by Gasteiger charge is 2.37. The Kier molecular flexibility index (Phi) is 5.80. The Labute approximate surface area is 96.6 Å². The van der Waals surface area contributed by atoms with Gasteiger partial charge in [0.25, 0.3) is 0 Å². The lowest BCUT2D eigenvalue weighted by Crippen LogP contribution is -2.40. The monoisotopic (exact) mass is 293 g/mol. The minimum absolute atomic E-state index is 0.0181. The molecule has 0 spiro atoms. The molecule has 0 aromatic heterocycles. The van der Waals surface area contributed by atoms with E-state index in [1.54, 1.807) is 6.55 Å². The molecule has 0 atom stereocenters. The van der Waals surface area contributed by atoms with E-state index in [-0.39, 0.29) is 20.6 Å². The van der Waals surface area contributed by atoms with Gasteiger partial charge in [-0.3, -0.25) is 0 Å². The predicted molar refractivity (Wildman–Crippen MR) is 54.1 cm³/mol. The van der Waals surface area contributed by atoms with Crippen molar-refractivity contribution in [1.82, 2.24) is 0 Å². The highest BCUT2D eigenvalue weighted by molar-refractivity contribution is 7.39. The maximum atomic E-state index is 12.0. The topological polar surface area (TPSA) is 0 Å². The smallest absolute Gasteiger partial charge is 0.171 e. The van der Waals surface area contributed by atoms with Crippen LogP contribution in [0.1, 0.15) is 12.8 Å². The van der Waals surface area contributed by atoms with Gasteiger partial charge in [0.1, 0.15) is 0 Å². The third kappa shape index (κ3) is 8.39. The van der Waals surface area contributed by atoms with E-state index in [2.05, 4.69) is 9.76 Å². The third-order valence-electron chi connectivity index (χ3n) is 2.22. The predicted octanol–water partition coefficient (Wildman–Crippen LogP) is 3.25. The van der Waals surface area contributed by atoms with Gasteiger partial charge in [-0.05, 0) is 0 Å². The van der Waals surface area contributed by atoms with Crippen LogP contribution >= 0.6 is 0 Å². The standard InChI is InChI=1S/C7H11F6Si3/c1-16(15-14,4-2-6(8,9)10)5-3-7(11,12)13/h2-5H2,1H3.